The lowest BCUT2D eigenvalue weighted by Crippen LogP contribution is -2.36. The molecule has 1 aromatic heterocycles. The van der Waals surface area contributed by atoms with E-state index >= 15 is 0 Å². The first-order valence-corrected chi connectivity index (χ1v) is 8.08. The van der Waals surface area contributed by atoms with Gasteiger partial charge in [0.2, 0.25) is 11.8 Å². The summed E-state index contributed by atoms with van der Waals surface area (Å²) in [4.78, 5) is 0. The SMILES string of the molecule is CC(C)(C)NCCCc1nnc(C2CC3CCC2C3)o1. The minimum Gasteiger partial charge on any atom is -0.425 e. The smallest absolute Gasteiger partial charge is 0.219 e. The zero-order valence-electron chi connectivity index (χ0n) is 13.0. The van der Waals surface area contributed by atoms with Crippen LogP contribution in [0.3, 0.4) is 0 Å². The van der Waals surface area contributed by atoms with Crippen molar-refractivity contribution in [1.82, 2.24) is 15.5 Å². The van der Waals surface area contributed by atoms with E-state index in [0.29, 0.717) is 5.92 Å². The predicted molar refractivity (Wildman–Crippen MR) is 78.6 cm³/mol. The van der Waals surface area contributed by atoms with E-state index in [9.17, 15) is 0 Å². The van der Waals surface area contributed by atoms with Crippen molar-refractivity contribution in [2.24, 2.45) is 11.8 Å². The van der Waals surface area contributed by atoms with Crippen LogP contribution in [0.5, 0.6) is 0 Å². The molecule has 2 bridgehead atoms. The van der Waals surface area contributed by atoms with Crippen LogP contribution in [-0.4, -0.2) is 22.3 Å². The molecule has 3 unspecified atom stereocenters. The Balaban J connectivity index is 1.48. The van der Waals surface area contributed by atoms with E-state index in [0.717, 1.165) is 43.0 Å². The summed E-state index contributed by atoms with van der Waals surface area (Å²) in [5.41, 5.74) is 0.184. The number of fused-ring (bicyclic) bond motifs is 2. The standard InChI is InChI=1S/C16H27N3O/c1-16(2,3)17-8-4-5-14-18-19-15(20-14)13-10-11-6-7-12(13)9-11/h11-13,17H,4-10H2,1-3H3. The molecule has 2 aliphatic rings. The molecule has 3 atom stereocenters. The summed E-state index contributed by atoms with van der Waals surface area (Å²) >= 11 is 0. The molecule has 4 nitrogen and oxygen atoms in total. The summed E-state index contributed by atoms with van der Waals surface area (Å²) in [5, 5.41) is 12.0. The highest BCUT2D eigenvalue weighted by atomic mass is 16.4. The van der Waals surface area contributed by atoms with Crippen molar-refractivity contribution >= 4 is 0 Å². The van der Waals surface area contributed by atoms with Crippen molar-refractivity contribution in [3.63, 3.8) is 0 Å². The molecule has 0 aliphatic heterocycles. The van der Waals surface area contributed by atoms with Gasteiger partial charge in [-0.3, -0.25) is 0 Å². The Morgan fingerprint density at radius 3 is 2.70 bits per heavy atom. The summed E-state index contributed by atoms with van der Waals surface area (Å²) in [6.45, 7) is 7.56. The van der Waals surface area contributed by atoms with Gasteiger partial charge in [-0.2, -0.15) is 0 Å². The molecule has 3 rings (SSSR count). The van der Waals surface area contributed by atoms with Gasteiger partial charge in [0.15, 0.2) is 0 Å². The Morgan fingerprint density at radius 1 is 1.20 bits per heavy atom. The van der Waals surface area contributed by atoms with Gasteiger partial charge in [0.1, 0.15) is 0 Å². The monoisotopic (exact) mass is 277 g/mol. The second-order valence-electron chi connectivity index (χ2n) is 7.60. The van der Waals surface area contributed by atoms with Gasteiger partial charge in [-0.1, -0.05) is 6.42 Å². The van der Waals surface area contributed by atoms with Crippen LogP contribution < -0.4 is 5.32 Å². The second-order valence-corrected chi connectivity index (χ2v) is 7.60. The highest BCUT2D eigenvalue weighted by Crippen LogP contribution is 2.52. The molecule has 0 spiro atoms. The van der Waals surface area contributed by atoms with Gasteiger partial charge in [-0.05, 0) is 64.8 Å². The third-order valence-corrected chi connectivity index (χ3v) is 4.76. The van der Waals surface area contributed by atoms with Gasteiger partial charge in [0.05, 0.1) is 0 Å². The van der Waals surface area contributed by atoms with Crippen molar-refractivity contribution in [3.05, 3.63) is 11.8 Å². The Kier molecular flexibility index (Phi) is 3.85. The van der Waals surface area contributed by atoms with Gasteiger partial charge >= 0.3 is 0 Å². The van der Waals surface area contributed by atoms with E-state index in [4.69, 9.17) is 4.42 Å². The lowest BCUT2D eigenvalue weighted by Gasteiger charge is -2.20. The zero-order chi connectivity index (χ0) is 14.2. The van der Waals surface area contributed by atoms with Crippen molar-refractivity contribution in [1.29, 1.82) is 0 Å². The minimum absolute atomic E-state index is 0.184. The molecule has 112 valence electrons. The zero-order valence-corrected chi connectivity index (χ0v) is 13.0. The average Bonchev–Trinajstić information content (AvgIpc) is 3.08. The summed E-state index contributed by atoms with van der Waals surface area (Å²) in [7, 11) is 0. The van der Waals surface area contributed by atoms with E-state index in [1.54, 1.807) is 0 Å². The number of nitrogens with one attached hydrogen (secondary N) is 1. The highest BCUT2D eigenvalue weighted by Gasteiger charge is 2.42. The summed E-state index contributed by atoms with van der Waals surface area (Å²) in [6, 6.07) is 0. The topological polar surface area (TPSA) is 51.0 Å². The van der Waals surface area contributed by atoms with E-state index in [1.165, 1.54) is 25.7 Å². The molecular formula is C16H27N3O. The van der Waals surface area contributed by atoms with Crippen molar-refractivity contribution in [2.45, 2.75) is 70.8 Å². The average molecular weight is 277 g/mol. The van der Waals surface area contributed by atoms with Gasteiger partial charge in [-0.15, -0.1) is 10.2 Å². The molecule has 2 aliphatic carbocycles. The fourth-order valence-electron chi connectivity index (χ4n) is 3.77. The first-order valence-electron chi connectivity index (χ1n) is 8.08. The fraction of sp³-hybridized carbons (Fsp3) is 0.875. The maximum absolute atomic E-state index is 5.90. The molecule has 0 saturated heterocycles. The number of aromatic nitrogens is 2. The maximum atomic E-state index is 5.90. The minimum atomic E-state index is 0.184. The third kappa shape index (κ3) is 3.22. The van der Waals surface area contributed by atoms with Crippen molar-refractivity contribution in [3.8, 4) is 0 Å². The van der Waals surface area contributed by atoms with Crippen LogP contribution in [0, 0.1) is 11.8 Å². The largest absolute Gasteiger partial charge is 0.425 e. The summed E-state index contributed by atoms with van der Waals surface area (Å²) < 4.78 is 5.90. The van der Waals surface area contributed by atoms with Gasteiger partial charge in [0, 0.05) is 17.9 Å². The van der Waals surface area contributed by atoms with Gasteiger partial charge in [-0.25, -0.2) is 0 Å². The van der Waals surface area contributed by atoms with Crippen LogP contribution in [0.15, 0.2) is 4.42 Å². The van der Waals surface area contributed by atoms with Crippen LogP contribution in [0.2, 0.25) is 0 Å². The first-order chi connectivity index (χ1) is 9.51. The van der Waals surface area contributed by atoms with E-state index in [2.05, 4.69) is 36.3 Å². The summed E-state index contributed by atoms with van der Waals surface area (Å²) in [6.07, 6.45) is 7.38. The van der Waals surface area contributed by atoms with Crippen molar-refractivity contribution < 1.29 is 4.42 Å². The second kappa shape index (κ2) is 5.47. The lowest BCUT2D eigenvalue weighted by atomic mass is 9.89. The lowest BCUT2D eigenvalue weighted by molar-refractivity contribution is 0.333. The number of nitrogens with zero attached hydrogens (tertiary/aromatic N) is 2. The normalized spacial score (nSPS) is 29.2. The Labute approximate surface area is 121 Å². The number of hydrogen-bond acceptors (Lipinski definition) is 4. The van der Waals surface area contributed by atoms with Gasteiger partial charge in [0.25, 0.3) is 0 Å². The van der Waals surface area contributed by atoms with Crippen LogP contribution in [-0.2, 0) is 6.42 Å². The molecule has 2 saturated carbocycles. The molecule has 20 heavy (non-hydrogen) atoms. The van der Waals surface area contributed by atoms with E-state index in [1.807, 2.05) is 0 Å². The number of aryl methyl sites for hydroxylation is 1. The molecule has 0 amide bonds. The molecule has 4 heteroatoms. The highest BCUT2D eigenvalue weighted by molar-refractivity contribution is 5.04. The summed E-state index contributed by atoms with van der Waals surface area (Å²) in [5.74, 6) is 4.03. The van der Waals surface area contributed by atoms with Gasteiger partial charge < -0.3 is 9.73 Å². The Bertz CT molecular complexity index is 449. The molecule has 2 fully saturated rings. The fourth-order valence-corrected chi connectivity index (χ4v) is 3.77. The molecule has 0 radical (unpaired) electrons. The van der Waals surface area contributed by atoms with Crippen LogP contribution >= 0.6 is 0 Å². The predicted octanol–water partition coefficient (Wildman–Crippen LogP) is 3.29. The number of hydrogen-bond donors (Lipinski definition) is 1. The third-order valence-electron chi connectivity index (χ3n) is 4.76. The molecule has 1 aromatic rings. The van der Waals surface area contributed by atoms with Crippen LogP contribution in [0.25, 0.3) is 0 Å². The van der Waals surface area contributed by atoms with Crippen molar-refractivity contribution in [2.75, 3.05) is 6.54 Å². The molecule has 0 aromatic carbocycles. The number of rotatable bonds is 5. The molecular weight excluding hydrogens is 250 g/mol. The maximum Gasteiger partial charge on any atom is 0.219 e. The van der Waals surface area contributed by atoms with Crippen LogP contribution in [0.4, 0.5) is 0 Å². The molecule has 1 N–H and O–H groups in total. The first kappa shape index (κ1) is 14.1. The Hall–Kier alpha value is -0.900. The van der Waals surface area contributed by atoms with E-state index in [-0.39, 0.29) is 5.54 Å². The molecule has 1 heterocycles. The quantitative estimate of drug-likeness (QED) is 0.839. The Morgan fingerprint density at radius 2 is 2.05 bits per heavy atom. The van der Waals surface area contributed by atoms with E-state index < -0.39 is 0 Å². The van der Waals surface area contributed by atoms with Crippen LogP contribution in [0.1, 0.15) is 70.6 Å².